The first-order valence-corrected chi connectivity index (χ1v) is 10.8. The summed E-state index contributed by atoms with van der Waals surface area (Å²) in [4.78, 5) is 2.64. The van der Waals surface area contributed by atoms with Crippen molar-refractivity contribution in [2.24, 2.45) is 0 Å². The van der Waals surface area contributed by atoms with E-state index in [4.69, 9.17) is 0 Å². The largest absolute Gasteiger partial charge is 0.406 e. The molecule has 0 atom stereocenters. The molecule has 148 valence electrons. The lowest BCUT2D eigenvalue weighted by molar-refractivity contribution is -0.140. The lowest BCUT2D eigenvalue weighted by Gasteiger charge is -2.35. The van der Waals surface area contributed by atoms with E-state index >= 15 is 0 Å². The number of nitrogens with zero attached hydrogens (tertiary/aromatic N) is 2. The number of alkyl halides is 3. The molecule has 4 rings (SSSR count). The summed E-state index contributed by atoms with van der Waals surface area (Å²) in [6.07, 6.45) is 3.10. The van der Waals surface area contributed by atoms with Gasteiger partial charge in [-0.2, -0.15) is 13.2 Å². The molecule has 3 nitrogen and oxygen atoms in total. The molecule has 2 aliphatic rings. The molecule has 1 N–H and O–H groups in total. The van der Waals surface area contributed by atoms with Crippen LogP contribution in [0.15, 0.2) is 24.3 Å². The quantitative estimate of drug-likeness (QED) is 0.560. The van der Waals surface area contributed by atoms with E-state index in [1.807, 2.05) is 40.8 Å². The molecule has 2 fully saturated rings. The molecule has 1 aromatic carbocycles. The molecule has 1 saturated carbocycles. The van der Waals surface area contributed by atoms with Crippen LogP contribution in [-0.4, -0.2) is 40.8 Å². The normalized spacial score (nSPS) is 24.6. The summed E-state index contributed by atoms with van der Waals surface area (Å²) in [6, 6.07) is 8.60. The van der Waals surface area contributed by atoms with Crippen molar-refractivity contribution in [3.63, 3.8) is 0 Å². The number of benzene rings is 1. The highest BCUT2D eigenvalue weighted by molar-refractivity contribution is 14.1. The molecule has 27 heavy (non-hydrogen) atoms. The van der Waals surface area contributed by atoms with Gasteiger partial charge >= 0.3 is 6.18 Å². The number of rotatable bonds is 4. The monoisotopic (exact) mass is 491 g/mol. The van der Waals surface area contributed by atoms with Crippen LogP contribution in [0.5, 0.6) is 0 Å². The molecule has 2 heterocycles. The van der Waals surface area contributed by atoms with Crippen molar-refractivity contribution >= 4 is 39.2 Å². The van der Waals surface area contributed by atoms with Crippen LogP contribution in [0.2, 0.25) is 0 Å². The molecule has 2 aromatic rings. The van der Waals surface area contributed by atoms with Gasteiger partial charge in [-0.15, -0.1) is 0 Å². The number of halogens is 4. The van der Waals surface area contributed by atoms with Crippen molar-refractivity contribution in [2.45, 2.75) is 63.3 Å². The van der Waals surface area contributed by atoms with Gasteiger partial charge in [-0.05, 0) is 92.4 Å². The van der Waals surface area contributed by atoms with Crippen molar-refractivity contribution in [3.8, 4) is 0 Å². The molecule has 0 unspecified atom stereocenters. The van der Waals surface area contributed by atoms with Crippen LogP contribution >= 0.6 is 22.6 Å². The summed E-state index contributed by atoms with van der Waals surface area (Å²) in [6.45, 7) is 1.54. The van der Waals surface area contributed by atoms with Crippen LogP contribution in [0.25, 0.3) is 10.9 Å². The molecule has 1 aliphatic carbocycles. The second-order valence-electron chi connectivity index (χ2n) is 7.80. The number of anilines is 1. The van der Waals surface area contributed by atoms with Gasteiger partial charge in [0.15, 0.2) is 0 Å². The third-order valence-corrected chi connectivity index (χ3v) is 6.84. The smallest absolute Gasteiger partial charge is 0.382 e. The molecule has 0 radical (unpaired) electrons. The first-order valence-electron chi connectivity index (χ1n) is 9.76. The molecular weight excluding hydrogens is 466 g/mol. The van der Waals surface area contributed by atoms with E-state index in [0.29, 0.717) is 15.3 Å². The number of likely N-dealkylation sites (tertiary alicyclic amines) is 1. The summed E-state index contributed by atoms with van der Waals surface area (Å²) in [5, 5.41) is 4.50. The van der Waals surface area contributed by atoms with Crippen molar-refractivity contribution in [1.82, 2.24) is 9.47 Å². The van der Waals surface area contributed by atoms with E-state index in [2.05, 4.69) is 10.2 Å². The van der Waals surface area contributed by atoms with Gasteiger partial charge in [0, 0.05) is 23.2 Å². The van der Waals surface area contributed by atoms with E-state index in [1.54, 1.807) is 6.07 Å². The Morgan fingerprint density at radius 2 is 1.78 bits per heavy atom. The standard InChI is InChI=1S/C20H25F3IN3/c21-20(22,23)13-27-18-5-3-4-17(16(18)12-19(27)24)25-14-6-8-15(9-7-14)26-10-1-2-11-26/h3-5,12,14-15,25H,1-2,6-11,13H2. The minimum Gasteiger partial charge on any atom is -0.382 e. The van der Waals surface area contributed by atoms with Crippen LogP contribution in [-0.2, 0) is 6.54 Å². The molecule has 1 aliphatic heterocycles. The Balaban J connectivity index is 1.47. The Bertz CT molecular complexity index is 788. The Morgan fingerprint density at radius 1 is 1.07 bits per heavy atom. The van der Waals surface area contributed by atoms with E-state index in [-0.39, 0.29) is 0 Å². The maximum absolute atomic E-state index is 12.9. The van der Waals surface area contributed by atoms with Gasteiger partial charge in [0.1, 0.15) is 6.54 Å². The van der Waals surface area contributed by atoms with Gasteiger partial charge < -0.3 is 14.8 Å². The molecule has 1 saturated heterocycles. The zero-order valence-corrected chi connectivity index (χ0v) is 17.4. The highest BCUT2D eigenvalue weighted by Gasteiger charge is 2.30. The van der Waals surface area contributed by atoms with E-state index in [9.17, 15) is 13.2 Å². The van der Waals surface area contributed by atoms with Gasteiger partial charge in [-0.3, -0.25) is 0 Å². The van der Waals surface area contributed by atoms with Crippen LogP contribution < -0.4 is 5.32 Å². The SMILES string of the molecule is FC(F)(F)Cn1c(I)cc2c(NC3CCC(N4CCCC4)CC3)cccc21. The summed E-state index contributed by atoms with van der Waals surface area (Å²) >= 11 is 1.99. The van der Waals surface area contributed by atoms with Gasteiger partial charge in [0.2, 0.25) is 0 Å². The second kappa shape index (κ2) is 7.81. The molecule has 1 aromatic heterocycles. The zero-order chi connectivity index (χ0) is 19.0. The zero-order valence-electron chi connectivity index (χ0n) is 15.2. The number of nitrogens with one attached hydrogen (secondary N) is 1. The van der Waals surface area contributed by atoms with Crippen LogP contribution in [0.3, 0.4) is 0 Å². The fourth-order valence-corrected chi connectivity index (χ4v) is 5.37. The first kappa shape index (κ1) is 19.4. The molecule has 7 heteroatoms. The first-order chi connectivity index (χ1) is 12.9. The summed E-state index contributed by atoms with van der Waals surface area (Å²) in [5.41, 5.74) is 1.60. The average Bonchev–Trinajstić information content (AvgIpc) is 3.25. The highest BCUT2D eigenvalue weighted by atomic mass is 127. The third-order valence-electron chi connectivity index (χ3n) is 5.95. The van der Waals surface area contributed by atoms with Gasteiger partial charge in [0.05, 0.1) is 9.22 Å². The lowest BCUT2D eigenvalue weighted by Crippen LogP contribution is -2.38. The maximum atomic E-state index is 12.9. The minimum atomic E-state index is -4.22. The van der Waals surface area contributed by atoms with E-state index in [0.717, 1.165) is 30.0 Å². The third kappa shape index (κ3) is 4.39. The minimum absolute atomic E-state index is 0.401. The molecule has 0 bridgehead atoms. The maximum Gasteiger partial charge on any atom is 0.406 e. The van der Waals surface area contributed by atoms with Crippen molar-refractivity contribution in [2.75, 3.05) is 18.4 Å². The van der Waals surface area contributed by atoms with Crippen molar-refractivity contribution in [1.29, 1.82) is 0 Å². The average molecular weight is 491 g/mol. The summed E-state index contributed by atoms with van der Waals surface area (Å²) in [7, 11) is 0. The predicted octanol–water partition coefficient (Wildman–Crippen LogP) is 5.63. The Morgan fingerprint density at radius 3 is 2.44 bits per heavy atom. The predicted molar refractivity (Wildman–Crippen MR) is 111 cm³/mol. The number of hydrogen-bond donors (Lipinski definition) is 1. The van der Waals surface area contributed by atoms with Crippen LogP contribution in [0.4, 0.5) is 18.9 Å². The Kier molecular flexibility index (Phi) is 5.60. The molecule has 0 spiro atoms. The van der Waals surface area contributed by atoms with E-state index < -0.39 is 12.7 Å². The second-order valence-corrected chi connectivity index (χ2v) is 8.90. The molecule has 0 amide bonds. The summed E-state index contributed by atoms with van der Waals surface area (Å²) in [5.74, 6) is 0. The fourth-order valence-electron chi connectivity index (χ4n) is 4.63. The number of fused-ring (bicyclic) bond motifs is 1. The topological polar surface area (TPSA) is 20.2 Å². The van der Waals surface area contributed by atoms with E-state index in [1.165, 1.54) is 43.3 Å². The summed E-state index contributed by atoms with van der Waals surface area (Å²) < 4.78 is 40.7. The van der Waals surface area contributed by atoms with Gasteiger partial charge in [-0.1, -0.05) is 6.07 Å². The fraction of sp³-hybridized carbons (Fsp3) is 0.600. The van der Waals surface area contributed by atoms with Gasteiger partial charge in [0.25, 0.3) is 0 Å². The highest BCUT2D eigenvalue weighted by Crippen LogP contribution is 2.33. The van der Waals surface area contributed by atoms with Crippen molar-refractivity contribution < 1.29 is 13.2 Å². The molecular formula is C20H25F3IN3. The van der Waals surface area contributed by atoms with Crippen LogP contribution in [0.1, 0.15) is 38.5 Å². The van der Waals surface area contributed by atoms with Crippen LogP contribution in [0, 0.1) is 3.70 Å². The van der Waals surface area contributed by atoms with Gasteiger partial charge in [-0.25, -0.2) is 0 Å². The Labute approximate surface area is 171 Å². The Hall–Kier alpha value is -0.960. The van der Waals surface area contributed by atoms with Crippen molar-refractivity contribution in [3.05, 3.63) is 28.0 Å². The lowest BCUT2D eigenvalue weighted by atomic mass is 9.90. The number of aromatic nitrogens is 1. The number of hydrogen-bond acceptors (Lipinski definition) is 2.